The second-order valence-corrected chi connectivity index (χ2v) is 6.52. The Bertz CT molecular complexity index is 256. The van der Waals surface area contributed by atoms with Crippen molar-refractivity contribution in [2.45, 2.75) is 45.7 Å². The highest BCUT2D eigenvalue weighted by Gasteiger charge is 2.34. The largest absolute Gasteiger partial charge is 0.314 e. The van der Waals surface area contributed by atoms with E-state index >= 15 is 0 Å². The molecule has 0 aromatic heterocycles. The molecule has 2 heterocycles. The third kappa shape index (κ3) is 3.25. The molecule has 3 heteroatoms. The van der Waals surface area contributed by atoms with E-state index in [2.05, 4.69) is 42.9 Å². The van der Waals surface area contributed by atoms with Crippen LogP contribution in [-0.4, -0.2) is 61.7 Å². The molecule has 3 nitrogen and oxygen atoms in total. The maximum atomic E-state index is 3.64. The van der Waals surface area contributed by atoms with Crippen LogP contribution >= 0.6 is 0 Å². The quantitative estimate of drug-likeness (QED) is 0.825. The van der Waals surface area contributed by atoms with Gasteiger partial charge in [-0.2, -0.15) is 0 Å². The van der Waals surface area contributed by atoms with E-state index in [-0.39, 0.29) is 0 Å². The second kappa shape index (κ2) is 6.36. The highest BCUT2D eigenvalue weighted by molar-refractivity contribution is 4.90. The molecule has 2 aliphatic heterocycles. The van der Waals surface area contributed by atoms with Gasteiger partial charge in [0, 0.05) is 25.2 Å². The topological polar surface area (TPSA) is 18.5 Å². The summed E-state index contributed by atoms with van der Waals surface area (Å²) >= 11 is 0. The molecule has 4 atom stereocenters. The number of piperidine rings is 2. The molecule has 0 spiro atoms. The van der Waals surface area contributed by atoms with Gasteiger partial charge in [0.15, 0.2) is 0 Å². The van der Waals surface area contributed by atoms with Crippen molar-refractivity contribution in [3.05, 3.63) is 0 Å². The van der Waals surface area contributed by atoms with Gasteiger partial charge >= 0.3 is 0 Å². The summed E-state index contributed by atoms with van der Waals surface area (Å²) in [6, 6.07) is 1.57. The third-order valence-electron chi connectivity index (χ3n) is 4.94. The Labute approximate surface area is 113 Å². The Morgan fingerprint density at radius 2 is 1.83 bits per heavy atom. The van der Waals surface area contributed by atoms with Gasteiger partial charge in [-0.1, -0.05) is 20.8 Å². The smallest absolute Gasteiger partial charge is 0.0145 e. The minimum absolute atomic E-state index is 0.743. The van der Waals surface area contributed by atoms with Crippen LogP contribution in [0.3, 0.4) is 0 Å². The summed E-state index contributed by atoms with van der Waals surface area (Å²) in [5.41, 5.74) is 0. The molecule has 0 aromatic rings. The molecule has 0 radical (unpaired) electrons. The van der Waals surface area contributed by atoms with Crippen LogP contribution in [0.5, 0.6) is 0 Å². The fourth-order valence-electron chi connectivity index (χ4n) is 3.93. The molecule has 4 unspecified atom stereocenters. The number of hydrogen-bond donors (Lipinski definition) is 1. The molecule has 0 aromatic carbocycles. The van der Waals surface area contributed by atoms with Crippen molar-refractivity contribution in [3.63, 3.8) is 0 Å². The predicted molar refractivity (Wildman–Crippen MR) is 77.9 cm³/mol. The first-order valence-electron chi connectivity index (χ1n) is 7.77. The monoisotopic (exact) mass is 253 g/mol. The number of likely N-dealkylation sites (tertiary alicyclic amines) is 2. The van der Waals surface area contributed by atoms with Crippen molar-refractivity contribution in [3.8, 4) is 0 Å². The lowest BCUT2D eigenvalue weighted by atomic mass is 9.87. The summed E-state index contributed by atoms with van der Waals surface area (Å²) < 4.78 is 0. The van der Waals surface area contributed by atoms with Crippen LogP contribution in [0.15, 0.2) is 0 Å². The molecule has 2 fully saturated rings. The lowest BCUT2D eigenvalue weighted by Gasteiger charge is -2.46. The van der Waals surface area contributed by atoms with Gasteiger partial charge in [0.05, 0.1) is 0 Å². The Hall–Kier alpha value is -0.120. The molecule has 0 bridgehead atoms. The van der Waals surface area contributed by atoms with Crippen LogP contribution in [0.4, 0.5) is 0 Å². The first kappa shape index (κ1) is 14.3. The normalized spacial score (nSPS) is 40.0. The molecule has 0 saturated carbocycles. The van der Waals surface area contributed by atoms with Gasteiger partial charge in [0.2, 0.25) is 0 Å². The van der Waals surface area contributed by atoms with E-state index in [1.165, 1.54) is 39.0 Å². The maximum absolute atomic E-state index is 3.64. The van der Waals surface area contributed by atoms with Crippen molar-refractivity contribution in [1.82, 2.24) is 15.1 Å². The van der Waals surface area contributed by atoms with Crippen molar-refractivity contribution in [2.24, 2.45) is 11.8 Å². The fraction of sp³-hybridized carbons (Fsp3) is 1.00. The Morgan fingerprint density at radius 3 is 2.44 bits per heavy atom. The van der Waals surface area contributed by atoms with Gasteiger partial charge < -0.3 is 10.2 Å². The van der Waals surface area contributed by atoms with Crippen LogP contribution in [0.2, 0.25) is 0 Å². The van der Waals surface area contributed by atoms with Gasteiger partial charge in [-0.3, -0.25) is 4.90 Å². The van der Waals surface area contributed by atoms with Gasteiger partial charge in [-0.05, 0) is 51.4 Å². The molecule has 18 heavy (non-hydrogen) atoms. The molecule has 1 N–H and O–H groups in total. The van der Waals surface area contributed by atoms with Crippen molar-refractivity contribution >= 4 is 0 Å². The Morgan fingerprint density at radius 1 is 1.06 bits per heavy atom. The molecule has 0 amide bonds. The second-order valence-electron chi connectivity index (χ2n) is 6.52. The van der Waals surface area contributed by atoms with E-state index in [4.69, 9.17) is 0 Å². The zero-order valence-electron chi connectivity index (χ0n) is 12.7. The lowest BCUT2D eigenvalue weighted by Crippen LogP contribution is -2.56. The van der Waals surface area contributed by atoms with Crippen LogP contribution in [0.25, 0.3) is 0 Å². The van der Waals surface area contributed by atoms with Crippen LogP contribution in [-0.2, 0) is 0 Å². The van der Waals surface area contributed by atoms with E-state index in [1.54, 1.807) is 0 Å². The van der Waals surface area contributed by atoms with Gasteiger partial charge in [-0.25, -0.2) is 0 Å². The van der Waals surface area contributed by atoms with Crippen LogP contribution < -0.4 is 5.32 Å². The van der Waals surface area contributed by atoms with Gasteiger partial charge in [-0.15, -0.1) is 0 Å². The van der Waals surface area contributed by atoms with Crippen LogP contribution in [0.1, 0.15) is 33.6 Å². The first-order valence-corrected chi connectivity index (χ1v) is 7.77. The summed E-state index contributed by atoms with van der Waals surface area (Å²) in [5, 5.41) is 3.64. The molecule has 2 rings (SSSR count). The van der Waals surface area contributed by atoms with Crippen molar-refractivity contribution in [1.29, 1.82) is 0 Å². The molecular weight excluding hydrogens is 222 g/mol. The molecule has 106 valence electrons. The average molecular weight is 253 g/mol. The number of rotatable bonds is 3. The van der Waals surface area contributed by atoms with E-state index in [0.717, 1.165) is 30.5 Å². The van der Waals surface area contributed by atoms with Gasteiger partial charge in [0.25, 0.3) is 0 Å². The zero-order chi connectivity index (χ0) is 13.1. The van der Waals surface area contributed by atoms with Crippen molar-refractivity contribution < 1.29 is 0 Å². The van der Waals surface area contributed by atoms with E-state index in [0.29, 0.717) is 0 Å². The molecule has 2 saturated heterocycles. The highest BCUT2D eigenvalue weighted by Crippen LogP contribution is 2.26. The average Bonchev–Trinajstić information content (AvgIpc) is 2.32. The van der Waals surface area contributed by atoms with E-state index in [1.807, 2.05) is 0 Å². The summed E-state index contributed by atoms with van der Waals surface area (Å²) in [7, 11) is 2.26. The first-order chi connectivity index (χ1) is 8.61. The van der Waals surface area contributed by atoms with E-state index in [9.17, 15) is 0 Å². The summed E-state index contributed by atoms with van der Waals surface area (Å²) in [4.78, 5) is 5.26. The minimum Gasteiger partial charge on any atom is -0.314 e. The Balaban J connectivity index is 1.87. The Kier molecular flexibility index (Phi) is 5.05. The predicted octanol–water partition coefficient (Wildman–Crippen LogP) is 1.65. The minimum atomic E-state index is 0.743. The van der Waals surface area contributed by atoms with Gasteiger partial charge in [0.1, 0.15) is 0 Å². The highest BCUT2D eigenvalue weighted by atomic mass is 15.2. The maximum Gasteiger partial charge on any atom is 0.0145 e. The molecular formula is C15H31N3. The molecule has 2 aliphatic rings. The standard InChI is InChI=1S/C15H31N3/c1-5-16-14-6-9-18(11-12(14)2)15-7-8-17(4)10-13(15)3/h12-16H,5-11H2,1-4H3. The SMILES string of the molecule is CCNC1CCN(C2CCN(C)CC2C)CC1C. The zero-order valence-corrected chi connectivity index (χ0v) is 12.7. The summed E-state index contributed by atoms with van der Waals surface area (Å²) in [6.07, 6.45) is 2.68. The molecule has 0 aliphatic carbocycles. The van der Waals surface area contributed by atoms with E-state index < -0.39 is 0 Å². The fourth-order valence-corrected chi connectivity index (χ4v) is 3.93. The third-order valence-corrected chi connectivity index (χ3v) is 4.94. The van der Waals surface area contributed by atoms with Crippen molar-refractivity contribution in [2.75, 3.05) is 39.8 Å². The number of hydrogen-bond acceptors (Lipinski definition) is 3. The number of nitrogens with one attached hydrogen (secondary N) is 1. The van der Waals surface area contributed by atoms with Crippen LogP contribution in [0, 0.1) is 11.8 Å². The summed E-state index contributed by atoms with van der Waals surface area (Å²) in [6.45, 7) is 13.3. The number of nitrogens with zero attached hydrogens (tertiary/aromatic N) is 2. The summed E-state index contributed by atoms with van der Waals surface area (Å²) in [5.74, 6) is 1.62. The lowest BCUT2D eigenvalue weighted by molar-refractivity contribution is 0.0363.